The summed E-state index contributed by atoms with van der Waals surface area (Å²) < 4.78 is 24.8. The summed E-state index contributed by atoms with van der Waals surface area (Å²) >= 11 is 19.9. The Morgan fingerprint density at radius 3 is 2.58 bits per heavy atom. The fraction of sp³-hybridized carbons (Fsp3) is 0.139. The summed E-state index contributed by atoms with van der Waals surface area (Å²) in [4.78, 5) is 33.5. The lowest BCUT2D eigenvalue weighted by atomic mass is 9.93. The van der Waals surface area contributed by atoms with E-state index >= 15 is 0 Å². The Morgan fingerprint density at radius 2 is 1.79 bits per heavy atom. The van der Waals surface area contributed by atoms with Gasteiger partial charge in [-0.05, 0) is 66.6 Å². The summed E-state index contributed by atoms with van der Waals surface area (Å²) in [5.74, 6) is 1.01. The maximum Gasteiger partial charge on any atom is 0.338 e. The molecule has 0 fully saturated rings. The Labute approximate surface area is 293 Å². The van der Waals surface area contributed by atoms with E-state index in [-0.39, 0.29) is 31.1 Å². The molecule has 0 radical (unpaired) electrons. The predicted octanol–water partition coefficient (Wildman–Crippen LogP) is 7.20. The fourth-order valence-electron chi connectivity index (χ4n) is 5.53. The molecule has 0 bridgehead atoms. The van der Waals surface area contributed by atoms with Crippen molar-refractivity contribution < 1.29 is 23.7 Å². The maximum absolute atomic E-state index is 14.4. The van der Waals surface area contributed by atoms with Crippen LogP contribution in [-0.4, -0.2) is 23.9 Å². The van der Waals surface area contributed by atoms with Crippen molar-refractivity contribution >= 4 is 63.9 Å². The average molecular weight is 720 g/mol. The molecular weight excluding hydrogens is 695 g/mol. The van der Waals surface area contributed by atoms with Crippen LogP contribution in [0.4, 0.5) is 0 Å². The minimum absolute atomic E-state index is 0.0759. The van der Waals surface area contributed by atoms with Gasteiger partial charge in [-0.3, -0.25) is 9.36 Å². The number of rotatable bonds is 8. The number of esters is 1. The van der Waals surface area contributed by atoms with E-state index in [1.807, 2.05) is 42.5 Å². The minimum atomic E-state index is -0.878. The Kier molecular flexibility index (Phi) is 9.02. The molecule has 242 valence electrons. The molecule has 0 saturated carbocycles. The molecule has 4 aromatic carbocycles. The molecule has 1 atom stereocenters. The summed E-state index contributed by atoms with van der Waals surface area (Å²) in [7, 11) is 0. The van der Waals surface area contributed by atoms with Gasteiger partial charge in [-0.25, -0.2) is 9.79 Å². The Morgan fingerprint density at radius 1 is 0.979 bits per heavy atom. The van der Waals surface area contributed by atoms with Crippen molar-refractivity contribution in [3.8, 4) is 17.2 Å². The number of nitrogens with zero attached hydrogens (tertiary/aromatic N) is 2. The summed E-state index contributed by atoms with van der Waals surface area (Å²) in [5, 5.41) is 1.33. The molecule has 7 rings (SSSR count). The third-order valence-corrected chi connectivity index (χ3v) is 9.68. The smallest absolute Gasteiger partial charge is 0.338 e. The van der Waals surface area contributed by atoms with E-state index in [0.717, 1.165) is 5.56 Å². The molecule has 0 amide bonds. The number of thiazole rings is 1. The normalized spacial score (nSPS) is 15.2. The van der Waals surface area contributed by atoms with Gasteiger partial charge >= 0.3 is 5.97 Å². The lowest BCUT2D eigenvalue weighted by Gasteiger charge is -2.26. The largest absolute Gasteiger partial charge is 0.488 e. The first kappa shape index (κ1) is 32.0. The molecule has 0 aliphatic carbocycles. The minimum Gasteiger partial charge on any atom is -0.488 e. The van der Waals surface area contributed by atoms with Crippen molar-refractivity contribution in [2.45, 2.75) is 19.6 Å². The average Bonchev–Trinajstić information content (AvgIpc) is 3.69. The van der Waals surface area contributed by atoms with Crippen molar-refractivity contribution in [1.82, 2.24) is 4.57 Å². The quantitative estimate of drug-likeness (QED) is 0.158. The summed E-state index contributed by atoms with van der Waals surface area (Å²) in [6, 6.07) is 24.3. The summed E-state index contributed by atoms with van der Waals surface area (Å²) in [6.07, 6.45) is 1.72. The van der Waals surface area contributed by atoms with Gasteiger partial charge in [0.05, 0.1) is 38.5 Å². The van der Waals surface area contributed by atoms with Crippen LogP contribution in [0.25, 0.3) is 11.8 Å². The maximum atomic E-state index is 14.4. The Hall–Kier alpha value is -4.54. The number of carbonyl (C=O) groups excluding carboxylic acids is 1. The van der Waals surface area contributed by atoms with E-state index in [1.165, 1.54) is 15.9 Å². The highest BCUT2D eigenvalue weighted by molar-refractivity contribution is 7.07. The molecule has 48 heavy (non-hydrogen) atoms. The van der Waals surface area contributed by atoms with Gasteiger partial charge in [-0.2, -0.15) is 0 Å². The number of carbonyl (C=O) groups is 1. The molecule has 5 aromatic rings. The van der Waals surface area contributed by atoms with Gasteiger partial charge in [0, 0.05) is 16.1 Å². The zero-order chi connectivity index (χ0) is 33.4. The number of fused-ring (bicyclic) bond motifs is 2. The van der Waals surface area contributed by atoms with Crippen LogP contribution >= 0.6 is 46.1 Å². The zero-order valence-electron chi connectivity index (χ0n) is 25.2. The predicted molar refractivity (Wildman–Crippen MR) is 186 cm³/mol. The van der Waals surface area contributed by atoms with Crippen molar-refractivity contribution in [2.24, 2.45) is 4.99 Å². The molecule has 12 heteroatoms. The summed E-state index contributed by atoms with van der Waals surface area (Å²) in [6.45, 7) is 2.15. The molecule has 2 aliphatic rings. The molecule has 3 heterocycles. The van der Waals surface area contributed by atoms with Gasteiger partial charge in [0.1, 0.15) is 12.4 Å². The first-order chi connectivity index (χ1) is 23.3. The van der Waals surface area contributed by atoms with Gasteiger partial charge in [-0.1, -0.05) is 88.6 Å². The topological polar surface area (TPSA) is 88.4 Å². The first-order valence-electron chi connectivity index (χ1n) is 14.8. The third-order valence-electron chi connectivity index (χ3n) is 7.72. The highest BCUT2D eigenvalue weighted by atomic mass is 35.5. The second-order valence-corrected chi connectivity index (χ2v) is 13.0. The molecule has 0 N–H and O–H groups in total. The van der Waals surface area contributed by atoms with Crippen LogP contribution in [0.2, 0.25) is 15.1 Å². The highest BCUT2D eigenvalue weighted by Crippen LogP contribution is 2.40. The van der Waals surface area contributed by atoms with Crippen LogP contribution in [-0.2, 0) is 16.1 Å². The van der Waals surface area contributed by atoms with Crippen molar-refractivity contribution in [1.29, 1.82) is 0 Å². The number of benzene rings is 4. The molecule has 1 aromatic heterocycles. The van der Waals surface area contributed by atoms with Gasteiger partial charge in [0.25, 0.3) is 5.56 Å². The van der Waals surface area contributed by atoms with Crippen molar-refractivity contribution in [3.05, 3.63) is 148 Å². The number of hydrogen-bond donors (Lipinski definition) is 0. The second kappa shape index (κ2) is 13.5. The van der Waals surface area contributed by atoms with E-state index in [9.17, 15) is 9.59 Å². The van der Waals surface area contributed by atoms with E-state index in [1.54, 1.807) is 55.5 Å². The summed E-state index contributed by atoms with van der Waals surface area (Å²) in [5.41, 5.74) is 3.02. The zero-order valence-corrected chi connectivity index (χ0v) is 28.3. The van der Waals surface area contributed by atoms with Crippen molar-refractivity contribution in [3.63, 3.8) is 0 Å². The van der Waals surface area contributed by atoms with Crippen LogP contribution < -0.4 is 29.1 Å². The second-order valence-electron chi connectivity index (χ2n) is 10.8. The Bertz CT molecular complexity index is 2280. The monoisotopic (exact) mass is 718 g/mol. The first-order valence-corrected chi connectivity index (χ1v) is 16.8. The molecule has 0 saturated heterocycles. The van der Waals surface area contributed by atoms with Crippen LogP contribution in [0.5, 0.6) is 17.2 Å². The number of ether oxygens (including phenoxy) is 4. The lowest BCUT2D eigenvalue weighted by molar-refractivity contribution is -0.138. The van der Waals surface area contributed by atoms with E-state index in [2.05, 4.69) is 0 Å². The van der Waals surface area contributed by atoms with Crippen molar-refractivity contribution in [2.75, 3.05) is 13.4 Å². The molecule has 0 unspecified atom stereocenters. The van der Waals surface area contributed by atoms with Crippen LogP contribution in [0.15, 0.2) is 100 Å². The number of aromatic nitrogens is 1. The number of hydrogen-bond acceptors (Lipinski definition) is 8. The third kappa shape index (κ3) is 6.22. The van der Waals surface area contributed by atoms with Gasteiger partial charge in [0.2, 0.25) is 6.79 Å². The van der Waals surface area contributed by atoms with E-state index in [4.69, 9.17) is 58.7 Å². The van der Waals surface area contributed by atoms with Crippen LogP contribution in [0, 0.1) is 0 Å². The molecular formula is C36H25Cl3N2O6S. The molecule has 2 aliphatic heterocycles. The lowest BCUT2D eigenvalue weighted by Crippen LogP contribution is -2.40. The standard InChI is InChI=1S/C36H25Cl3N2O6S/c1-2-44-35(43)31-32(21-6-4-3-5-7-21)40-36-41(33(31)22-9-12-28-29(16-22)47-19-46-28)34(42)30(48-36)17-23-15-24(37)10-13-27(23)45-18-20-8-11-25(38)26(39)14-20/h3-17,33H,2,18-19H2,1H3/b30-17-/t33-/m1/s1. The fourth-order valence-corrected chi connectivity index (χ4v) is 7.03. The van der Waals surface area contributed by atoms with Gasteiger partial charge in [-0.15, -0.1) is 0 Å². The Balaban J connectivity index is 1.40. The molecule has 0 spiro atoms. The molecule has 8 nitrogen and oxygen atoms in total. The number of halogens is 3. The highest BCUT2D eigenvalue weighted by Gasteiger charge is 2.36. The SMILES string of the molecule is CCOC(=O)C1=C(c2ccccc2)N=c2s/c(=C\c3cc(Cl)ccc3OCc3ccc(Cl)c(Cl)c3)c(=O)n2[C@@H]1c1ccc2c(c1)OCO2. The van der Waals surface area contributed by atoms with Crippen LogP contribution in [0.3, 0.4) is 0 Å². The van der Waals surface area contributed by atoms with Crippen LogP contribution in [0.1, 0.15) is 35.2 Å². The van der Waals surface area contributed by atoms with Gasteiger partial charge in [0.15, 0.2) is 16.3 Å². The van der Waals surface area contributed by atoms with E-state index in [0.29, 0.717) is 64.0 Å². The van der Waals surface area contributed by atoms with E-state index < -0.39 is 12.0 Å². The van der Waals surface area contributed by atoms with Gasteiger partial charge < -0.3 is 18.9 Å².